The van der Waals surface area contributed by atoms with Crippen LogP contribution in [-0.2, 0) is 17.1 Å². The molecule has 0 saturated carbocycles. The molecule has 0 saturated heterocycles. The van der Waals surface area contributed by atoms with Crippen molar-refractivity contribution in [3.8, 4) is 5.75 Å². The lowest BCUT2D eigenvalue weighted by molar-refractivity contribution is -0.274. The zero-order valence-electron chi connectivity index (χ0n) is 12.8. The van der Waals surface area contributed by atoms with E-state index < -0.39 is 6.36 Å². The number of thioether (sulfide) groups is 1. The van der Waals surface area contributed by atoms with Crippen LogP contribution < -0.4 is 10.1 Å². The second-order valence-electron chi connectivity index (χ2n) is 4.94. The first kappa shape index (κ1) is 18.7. The molecule has 0 fully saturated rings. The van der Waals surface area contributed by atoms with Crippen molar-refractivity contribution in [2.24, 2.45) is 0 Å². The number of hydrogen-bond acceptors (Lipinski definition) is 4. The summed E-state index contributed by atoms with van der Waals surface area (Å²) in [4.78, 5) is 13.1. The zero-order chi connectivity index (χ0) is 17.6. The molecule has 0 radical (unpaired) electrons. The van der Waals surface area contributed by atoms with Crippen LogP contribution in [0.2, 0.25) is 0 Å². The van der Waals surface area contributed by atoms with Gasteiger partial charge in [-0.3, -0.25) is 4.79 Å². The Bertz CT molecular complexity index is 642. The van der Waals surface area contributed by atoms with Crippen molar-refractivity contribution < 1.29 is 22.7 Å². The molecule has 24 heavy (non-hydrogen) atoms. The molecule has 1 N–H and O–H groups in total. The number of carbonyl (C=O) groups excluding carboxylic acids is 1. The van der Waals surface area contributed by atoms with Crippen LogP contribution in [0.25, 0.3) is 0 Å². The highest BCUT2D eigenvalue weighted by Gasteiger charge is 2.30. The Morgan fingerprint density at radius 1 is 1.29 bits per heavy atom. The average molecular weight is 375 g/mol. The van der Waals surface area contributed by atoms with Gasteiger partial charge in [-0.2, -0.15) is 0 Å². The van der Waals surface area contributed by atoms with Crippen molar-refractivity contribution in [1.29, 1.82) is 0 Å². The average Bonchev–Trinajstić information content (AvgIpc) is 3.03. The van der Waals surface area contributed by atoms with Crippen molar-refractivity contribution >= 4 is 29.0 Å². The van der Waals surface area contributed by atoms with E-state index in [2.05, 4.69) is 10.1 Å². The van der Waals surface area contributed by atoms with Gasteiger partial charge in [0.2, 0.25) is 5.91 Å². The molecule has 1 atom stereocenters. The van der Waals surface area contributed by atoms with Crippen LogP contribution >= 0.6 is 23.1 Å². The summed E-state index contributed by atoms with van der Waals surface area (Å²) in [5, 5.41) is 4.56. The summed E-state index contributed by atoms with van der Waals surface area (Å²) in [6.45, 7) is 2.31. The lowest BCUT2D eigenvalue weighted by Gasteiger charge is -2.12. The SMILES string of the molecule is CC(SCc1ccc(OC(F)(F)F)cc1)C(=O)NCc1cccs1. The summed E-state index contributed by atoms with van der Waals surface area (Å²) in [5.41, 5.74) is 0.826. The van der Waals surface area contributed by atoms with Crippen molar-refractivity contribution in [2.75, 3.05) is 0 Å². The fourth-order valence-corrected chi connectivity index (χ4v) is 3.33. The molecule has 8 heteroatoms. The molecule has 130 valence electrons. The van der Waals surface area contributed by atoms with Gasteiger partial charge in [0.1, 0.15) is 5.75 Å². The highest BCUT2D eigenvalue weighted by atomic mass is 32.2. The van der Waals surface area contributed by atoms with E-state index in [4.69, 9.17) is 0 Å². The fourth-order valence-electron chi connectivity index (χ4n) is 1.82. The lowest BCUT2D eigenvalue weighted by atomic mass is 10.2. The third kappa shape index (κ3) is 6.45. The second kappa shape index (κ2) is 8.43. The Kier molecular flexibility index (Phi) is 6.56. The van der Waals surface area contributed by atoms with Gasteiger partial charge in [0.05, 0.1) is 11.8 Å². The molecule has 1 unspecified atom stereocenters. The van der Waals surface area contributed by atoms with Gasteiger partial charge in [-0.1, -0.05) is 18.2 Å². The van der Waals surface area contributed by atoms with E-state index in [0.717, 1.165) is 10.4 Å². The highest BCUT2D eigenvalue weighted by Crippen LogP contribution is 2.24. The maximum atomic E-state index is 12.1. The van der Waals surface area contributed by atoms with E-state index in [1.54, 1.807) is 30.4 Å². The van der Waals surface area contributed by atoms with Gasteiger partial charge in [0.25, 0.3) is 0 Å². The maximum absolute atomic E-state index is 12.1. The Morgan fingerprint density at radius 2 is 2.00 bits per heavy atom. The number of benzene rings is 1. The van der Waals surface area contributed by atoms with Gasteiger partial charge >= 0.3 is 6.36 Å². The number of ether oxygens (including phenoxy) is 1. The molecule has 1 heterocycles. The summed E-state index contributed by atoms with van der Waals surface area (Å²) in [6, 6.07) is 9.54. The van der Waals surface area contributed by atoms with E-state index in [9.17, 15) is 18.0 Å². The minimum Gasteiger partial charge on any atom is -0.406 e. The number of carbonyl (C=O) groups is 1. The monoisotopic (exact) mass is 375 g/mol. The summed E-state index contributed by atoms with van der Waals surface area (Å²) in [5.74, 6) is 0.211. The molecule has 1 aromatic carbocycles. The number of halogens is 3. The van der Waals surface area contributed by atoms with E-state index >= 15 is 0 Å². The molecule has 0 aliphatic carbocycles. The predicted octanol–water partition coefficient (Wildman–Crippen LogP) is 4.58. The molecule has 2 aromatic rings. The summed E-state index contributed by atoms with van der Waals surface area (Å²) < 4.78 is 40.1. The van der Waals surface area contributed by atoms with Crippen LogP contribution in [0, 0.1) is 0 Å². The van der Waals surface area contributed by atoms with Crippen LogP contribution in [0.4, 0.5) is 13.2 Å². The van der Waals surface area contributed by atoms with E-state index in [-0.39, 0.29) is 16.9 Å². The van der Waals surface area contributed by atoms with Crippen LogP contribution in [-0.4, -0.2) is 17.5 Å². The Morgan fingerprint density at radius 3 is 2.58 bits per heavy atom. The Balaban J connectivity index is 1.76. The molecular formula is C16H16F3NO2S2. The van der Waals surface area contributed by atoms with Gasteiger partial charge in [-0.05, 0) is 36.1 Å². The summed E-state index contributed by atoms with van der Waals surface area (Å²) in [7, 11) is 0. The normalized spacial score (nSPS) is 12.7. The second-order valence-corrected chi connectivity index (χ2v) is 7.30. The topological polar surface area (TPSA) is 38.3 Å². The van der Waals surface area contributed by atoms with Crippen molar-refractivity contribution in [1.82, 2.24) is 5.32 Å². The van der Waals surface area contributed by atoms with Crippen molar-refractivity contribution in [3.63, 3.8) is 0 Å². The number of nitrogens with one attached hydrogen (secondary N) is 1. The summed E-state index contributed by atoms with van der Waals surface area (Å²) in [6.07, 6.45) is -4.69. The number of rotatable bonds is 7. The predicted molar refractivity (Wildman–Crippen MR) is 90.0 cm³/mol. The molecule has 0 bridgehead atoms. The highest BCUT2D eigenvalue weighted by molar-refractivity contribution is 7.99. The maximum Gasteiger partial charge on any atom is 0.573 e. The molecule has 2 rings (SSSR count). The van der Waals surface area contributed by atoms with Gasteiger partial charge in [0, 0.05) is 10.6 Å². The van der Waals surface area contributed by atoms with Gasteiger partial charge in [-0.25, -0.2) is 0 Å². The quantitative estimate of drug-likeness (QED) is 0.770. The minimum absolute atomic E-state index is 0.0644. The molecule has 3 nitrogen and oxygen atoms in total. The first-order chi connectivity index (χ1) is 11.3. The molecule has 0 spiro atoms. The molecule has 0 aliphatic heterocycles. The van der Waals surface area contributed by atoms with Crippen LogP contribution in [0.1, 0.15) is 17.4 Å². The Hall–Kier alpha value is -1.67. The molecular weight excluding hydrogens is 359 g/mol. The Labute approximate surface area is 146 Å². The van der Waals surface area contributed by atoms with Gasteiger partial charge in [-0.15, -0.1) is 36.3 Å². The van der Waals surface area contributed by atoms with Crippen molar-refractivity contribution in [3.05, 3.63) is 52.2 Å². The van der Waals surface area contributed by atoms with E-state index in [1.165, 1.54) is 23.9 Å². The lowest BCUT2D eigenvalue weighted by Crippen LogP contribution is -2.30. The number of amides is 1. The minimum atomic E-state index is -4.69. The van der Waals surface area contributed by atoms with E-state index in [0.29, 0.717) is 12.3 Å². The smallest absolute Gasteiger partial charge is 0.406 e. The number of hydrogen-bond donors (Lipinski definition) is 1. The zero-order valence-corrected chi connectivity index (χ0v) is 14.4. The number of alkyl halides is 3. The first-order valence-electron chi connectivity index (χ1n) is 7.10. The molecule has 0 aliphatic rings. The van der Waals surface area contributed by atoms with Gasteiger partial charge < -0.3 is 10.1 Å². The van der Waals surface area contributed by atoms with Crippen molar-refractivity contribution in [2.45, 2.75) is 30.8 Å². The summed E-state index contributed by atoms with van der Waals surface area (Å²) >= 11 is 3.00. The molecule has 1 amide bonds. The van der Waals surface area contributed by atoms with Crippen LogP contribution in [0.5, 0.6) is 5.75 Å². The third-order valence-corrected chi connectivity index (χ3v) is 5.13. The largest absolute Gasteiger partial charge is 0.573 e. The third-order valence-electron chi connectivity index (χ3n) is 3.04. The molecule has 1 aromatic heterocycles. The van der Waals surface area contributed by atoms with Crippen LogP contribution in [0.15, 0.2) is 41.8 Å². The fraction of sp³-hybridized carbons (Fsp3) is 0.312. The first-order valence-corrected chi connectivity index (χ1v) is 9.03. The standard InChI is InChI=1S/C16H16F3NO2S2/c1-11(15(21)20-9-14-3-2-8-23-14)24-10-12-4-6-13(7-5-12)22-16(17,18)19/h2-8,11H,9-10H2,1H3,(H,20,21). The number of thiophene rings is 1. The van der Waals surface area contributed by atoms with Crippen LogP contribution in [0.3, 0.4) is 0 Å². The van der Waals surface area contributed by atoms with E-state index in [1.807, 2.05) is 17.5 Å². The van der Waals surface area contributed by atoms with Gasteiger partial charge in [0.15, 0.2) is 0 Å².